The average molecular weight is 354 g/mol. The zero-order valence-electron chi connectivity index (χ0n) is 12.8. The number of rotatable bonds is 4. The van der Waals surface area contributed by atoms with Crippen LogP contribution in [0.1, 0.15) is 35.2 Å². The fourth-order valence-electron chi connectivity index (χ4n) is 2.77. The molecule has 0 aliphatic carbocycles. The number of anilines is 1. The fourth-order valence-corrected chi connectivity index (χ4v) is 3.25. The predicted octanol–water partition coefficient (Wildman–Crippen LogP) is 2.80. The van der Waals surface area contributed by atoms with E-state index in [9.17, 15) is 4.79 Å². The van der Waals surface area contributed by atoms with Crippen LogP contribution in [0.15, 0.2) is 16.6 Å². The molecule has 2 rings (SSSR count). The molecular formula is C16H24BrN3O. The number of hydrogen-bond donors (Lipinski definition) is 2. The van der Waals surface area contributed by atoms with Crippen LogP contribution in [-0.2, 0) is 0 Å². The molecule has 3 N–H and O–H groups in total. The van der Waals surface area contributed by atoms with Gasteiger partial charge in [-0.3, -0.25) is 4.79 Å². The van der Waals surface area contributed by atoms with Crippen LogP contribution in [0.2, 0.25) is 0 Å². The van der Waals surface area contributed by atoms with E-state index in [0.29, 0.717) is 11.3 Å². The van der Waals surface area contributed by atoms with E-state index in [1.807, 2.05) is 19.1 Å². The van der Waals surface area contributed by atoms with Gasteiger partial charge in [-0.2, -0.15) is 0 Å². The van der Waals surface area contributed by atoms with Crippen molar-refractivity contribution in [3.05, 3.63) is 27.7 Å². The van der Waals surface area contributed by atoms with E-state index in [-0.39, 0.29) is 5.91 Å². The maximum absolute atomic E-state index is 12.3. The smallest absolute Gasteiger partial charge is 0.251 e. The van der Waals surface area contributed by atoms with Crippen LogP contribution in [0.25, 0.3) is 0 Å². The number of benzene rings is 1. The van der Waals surface area contributed by atoms with Gasteiger partial charge in [-0.15, -0.1) is 0 Å². The Morgan fingerprint density at radius 1 is 1.43 bits per heavy atom. The van der Waals surface area contributed by atoms with Crippen LogP contribution < -0.4 is 11.1 Å². The Labute approximate surface area is 135 Å². The van der Waals surface area contributed by atoms with Gasteiger partial charge in [0.15, 0.2) is 0 Å². The molecule has 116 valence electrons. The van der Waals surface area contributed by atoms with Gasteiger partial charge in [0.2, 0.25) is 0 Å². The van der Waals surface area contributed by atoms with Crippen LogP contribution in [-0.4, -0.2) is 37.5 Å². The van der Waals surface area contributed by atoms with Crippen molar-refractivity contribution in [3.8, 4) is 0 Å². The van der Waals surface area contributed by atoms with Crippen molar-refractivity contribution in [3.63, 3.8) is 0 Å². The fraction of sp³-hybridized carbons (Fsp3) is 0.562. The van der Waals surface area contributed by atoms with Gasteiger partial charge in [-0.25, -0.2) is 0 Å². The van der Waals surface area contributed by atoms with Crippen molar-refractivity contribution in [2.75, 3.05) is 32.4 Å². The van der Waals surface area contributed by atoms with E-state index in [4.69, 9.17) is 5.73 Å². The minimum absolute atomic E-state index is 0.0339. The van der Waals surface area contributed by atoms with Crippen LogP contribution >= 0.6 is 15.9 Å². The maximum Gasteiger partial charge on any atom is 0.251 e. The summed E-state index contributed by atoms with van der Waals surface area (Å²) in [4.78, 5) is 14.6. The van der Waals surface area contributed by atoms with Crippen LogP contribution in [0.3, 0.4) is 0 Å². The number of nitrogens with one attached hydrogen (secondary N) is 1. The van der Waals surface area contributed by atoms with Crippen molar-refractivity contribution < 1.29 is 4.79 Å². The normalized spacial score (nSPS) is 16.9. The summed E-state index contributed by atoms with van der Waals surface area (Å²) in [6.45, 7) is 4.95. The molecule has 1 amide bonds. The zero-order chi connectivity index (χ0) is 15.4. The average Bonchev–Trinajstić information content (AvgIpc) is 2.44. The molecule has 1 fully saturated rings. The summed E-state index contributed by atoms with van der Waals surface area (Å²) in [5.41, 5.74) is 8.05. The number of likely N-dealkylation sites (tertiary alicyclic amines) is 1. The molecule has 1 aliphatic heterocycles. The lowest BCUT2D eigenvalue weighted by atomic mass is 9.94. The number of carbonyl (C=O) groups excluding carboxylic acids is 1. The quantitative estimate of drug-likeness (QED) is 0.818. The summed E-state index contributed by atoms with van der Waals surface area (Å²) in [6.07, 6.45) is 3.52. The minimum atomic E-state index is -0.0339. The molecule has 1 aromatic rings. The van der Waals surface area contributed by atoms with Gasteiger partial charge in [-0.1, -0.05) is 15.9 Å². The molecule has 0 radical (unpaired) electrons. The molecular weight excluding hydrogens is 330 g/mol. The van der Waals surface area contributed by atoms with Crippen molar-refractivity contribution in [2.45, 2.75) is 26.2 Å². The molecule has 1 saturated heterocycles. The van der Waals surface area contributed by atoms with Crippen molar-refractivity contribution in [1.82, 2.24) is 10.2 Å². The molecule has 1 heterocycles. The van der Waals surface area contributed by atoms with Crippen LogP contribution in [0.5, 0.6) is 0 Å². The third kappa shape index (κ3) is 4.45. The summed E-state index contributed by atoms with van der Waals surface area (Å²) in [7, 11) is 2.17. The lowest BCUT2D eigenvalue weighted by molar-refractivity contribution is 0.0948. The first-order valence-corrected chi connectivity index (χ1v) is 8.29. The van der Waals surface area contributed by atoms with E-state index in [2.05, 4.69) is 33.2 Å². The van der Waals surface area contributed by atoms with Gasteiger partial charge < -0.3 is 16.0 Å². The van der Waals surface area contributed by atoms with Crippen molar-refractivity contribution >= 4 is 27.5 Å². The number of amides is 1. The largest absolute Gasteiger partial charge is 0.398 e. The van der Waals surface area contributed by atoms with E-state index in [1.165, 1.54) is 25.9 Å². The first-order valence-electron chi connectivity index (χ1n) is 7.49. The molecule has 0 atom stereocenters. The number of carbonyl (C=O) groups is 1. The second kappa shape index (κ2) is 7.27. The highest BCUT2D eigenvalue weighted by molar-refractivity contribution is 9.10. The van der Waals surface area contributed by atoms with Crippen molar-refractivity contribution in [1.29, 1.82) is 0 Å². The molecule has 0 unspecified atom stereocenters. The van der Waals surface area contributed by atoms with Crippen molar-refractivity contribution in [2.24, 2.45) is 5.92 Å². The molecule has 4 nitrogen and oxygen atoms in total. The number of nitrogen functional groups attached to an aromatic ring is 1. The second-order valence-electron chi connectivity index (χ2n) is 5.96. The topological polar surface area (TPSA) is 58.4 Å². The Balaban J connectivity index is 1.85. The summed E-state index contributed by atoms with van der Waals surface area (Å²) >= 11 is 3.39. The summed E-state index contributed by atoms with van der Waals surface area (Å²) in [5.74, 6) is 0.698. The van der Waals surface area contributed by atoms with Gasteiger partial charge >= 0.3 is 0 Å². The maximum atomic E-state index is 12.3. The van der Waals surface area contributed by atoms with E-state index in [0.717, 1.165) is 28.9 Å². The van der Waals surface area contributed by atoms with Gasteiger partial charge in [0, 0.05) is 22.3 Å². The second-order valence-corrected chi connectivity index (χ2v) is 6.87. The molecule has 1 aromatic carbocycles. The molecule has 0 aromatic heterocycles. The summed E-state index contributed by atoms with van der Waals surface area (Å²) < 4.78 is 0.839. The lowest BCUT2D eigenvalue weighted by Gasteiger charge is -2.28. The standard InChI is InChI=1S/C16H24BrN3O/c1-11-14(9-13(17)10-15(11)18)16(21)19-6-3-12-4-7-20(2)8-5-12/h9-10,12H,3-8,18H2,1-2H3,(H,19,21). The molecule has 0 spiro atoms. The highest BCUT2D eigenvalue weighted by Gasteiger charge is 2.17. The van der Waals surface area contributed by atoms with Gasteiger partial charge in [0.1, 0.15) is 0 Å². The number of piperidine rings is 1. The number of nitrogens with two attached hydrogens (primary N) is 1. The Morgan fingerprint density at radius 3 is 2.76 bits per heavy atom. The first kappa shape index (κ1) is 16.3. The Morgan fingerprint density at radius 2 is 2.10 bits per heavy atom. The Kier molecular flexibility index (Phi) is 5.65. The van der Waals surface area contributed by atoms with E-state index in [1.54, 1.807) is 0 Å². The number of hydrogen-bond acceptors (Lipinski definition) is 3. The van der Waals surface area contributed by atoms with Gasteiger partial charge in [0.05, 0.1) is 0 Å². The highest BCUT2D eigenvalue weighted by atomic mass is 79.9. The lowest BCUT2D eigenvalue weighted by Crippen LogP contribution is -2.32. The number of nitrogens with zero attached hydrogens (tertiary/aromatic N) is 1. The Hall–Kier alpha value is -1.07. The third-order valence-electron chi connectivity index (χ3n) is 4.33. The zero-order valence-corrected chi connectivity index (χ0v) is 14.4. The Bertz CT molecular complexity index is 510. The third-order valence-corrected chi connectivity index (χ3v) is 4.79. The molecule has 0 saturated carbocycles. The van der Waals surface area contributed by atoms with Crippen LogP contribution in [0.4, 0.5) is 5.69 Å². The molecule has 5 heteroatoms. The monoisotopic (exact) mass is 353 g/mol. The van der Waals surface area contributed by atoms with E-state index < -0.39 is 0 Å². The van der Waals surface area contributed by atoms with Crippen LogP contribution in [0, 0.1) is 12.8 Å². The minimum Gasteiger partial charge on any atom is -0.398 e. The first-order chi connectivity index (χ1) is 9.97. The molecule has 1 aliphatic rings. The highest BCUT2D eigenvalue weighted by Crippen LogP contribution is 2.23. The molecule has 0 bridgehead atoms. The van der Waals surface area contributed by atoms with E-state index >= 15 is 0 Å². The summed E-state index contributed by atoms with van der Waals surface area (Å²) in [6, 6.07) is 3.65. The van der Waals surface area contributed by atoms with Gasteiger partial charge in [-0.05, 0) is 69.9 Å². The molecule has 21 heavy (non-hydrogen) atoms. The SMILES string of the molecule is Cc1c(N)cc(Br)cc1C(=O)NCCC1CCN(C)CC1. The van der Waals surface area contributed by atoms with Gasteiger partial charge in [0.25, 0.3) is 5.91 Å². The summed E-state index contributed by atoms with van der Waals surface area (Å²) in [5, 5.41) is 3.02. The number of halogens is 1. The predicted molar refractivity (Wildman–Crippen MR) is 90.5 cm³/mol.